The van der Waals surface area contributed by atoms with Crippen molar-refractivity contribution >= 4 is 22.0 Å². The zero-order chi connectivity index (χ0) is 15.3. The molecule has 0 radical (unpaired) electrons. The summed E-state index contributed by atoms with van der Waals surface area (Å²) in [5.41, 5.74) is 0.403. The number of likely N-dealkylation sites (N-methyl/N-ethyl adjacent to an activating group) is 1. The second kappa shape index (κ2) is 6.92. The van der Waals surface area contributed by atoms with Gasteiger partial charge in [0.15, 0.2) is 5.75 Å². The van der Waals surface area contributed by atoms with Crippen LogP contribution in [0.15, 0.2) is 16.7 Å². The van der Waals surface area contributed by atoms with Crippen molar-refractivity contribution in [2.45, 2.75) is 32.8 Å². The fourth-order valence-electron chi connectivity index (χ4n) is 1.46. The maximum Gasteiger partial charge on any atom is 0.410 e. The first kappa shape index (κ1) is 16.8. The highest BCUT2D eigenvalue weighted by atomic mass is 79.9. The maximum atomic E-state index is 11.8. The van der Waals surface area contributed by atoms with E-state index in [1.807, 2.05) is 26.8 Å². The molecule has 1 amide bonds. The number of pyridine rings is 1. The highest BCUT2D eigenvalue weighted by molar-refractivity contribution is 9.10. The number of carbonyl (C=O) groups is 1. The highest BCUT2D eigenvalue weighted by Crippen LogP contribution is 2.24. The molecule has 0 N–H and O–H groups in total. The van der Waals surface area contributed by atoms with Crippen LogP contribution in [0.3, 0.4) is 0 Å². The Labute approximate surface area is 128 Å². The van der Waals surface area contributed by atoms with Gasteiger partial charge < -0.3 is 14.4 Å². The SMILES string of the molecule is COc1cnc(CCN(C)C(=O)OC(C)(C)C)cc1Br. The van der Waals surface area contributed by atoms with E-state index in [0.29, 0.717) is 18.7 Å². The first-order valence-corrected chi connectivity index (χ1v) is 7.15. The third-order valence-corrected chi connectivity index (χ3v) is 3.12. The first-order valence-electron chi connectivity index (χ1n) is 6.35. The minimum atomic E-state index is -0.479. The fraction of sp³-hybridized carbons (Fsp3) is 0.571. The molecule has 5 nitrogen and oxygen atoms in total. The highest BCUT2D eigenvalue weighted by Gasteiger charge is 2.19. The van der Waals surface area contributed by atoms with Gasteiger partial charge in [-0.25, -0.2) is 4.79 Å². The number of aromatic nitrogens is 1. The lowest BCUT2D eigenvalue weighted by molar-refractivity contribution is 0.0300. The molecule has 0 aromatic carbocycles. The Morgan fingerprint density at radius 1 is 1.45 bits per heavy atom. The van der Waals surface area contributed by atoms with Crippen LogP contribution in [0.2, 0.25) is 0 Å². The molecule has 0 bridgehead atoms. The van der Waals surface area contributed by atoms with E-state index < -0.39 is 5.60 Å². The predicted octanol–water partition coefficient (Wildman–Crippen LogP) is 3.26. The van der Waals surface area contributed by atoms with Crippen LogP contribution in [-0.4, -0.2) is 42.3 Å². The smallest absolute Gasteiger partial charge is 0.410 e. The number of hydrogen-bond acceptors (Lipinski definition) is 4. The summed E-state index contributed by atoms with van der Waals surface area (Å²) in [5.74, 6) is 0.689. The molecule has 1 aromatic rings. The summed E-state index contributed by atoms with van der Waals surface area (Å²) in [4.78, 5) is 17.6. The second-order valence-corrected chi connectivity index (χ2v) is 6.32. The minimum absolute atomic E-state index is 0.329. The average molecular weight is 345 g/mol. The van der Waals surface area contributed by atoms with Crippen LogP contribution < -0.4 is 4.74 Å². The molecule has 1 rings (SSSR count). The van der Waals surface area contributed by atoms with Crippen molar-refractivity contribution in [3.63, 3.8) is 0 Å². The van der Waals surface area contributed by atoms with E-state index >= 15 is 0 Å². The van der Waals surface area contributed by atoms with Crippen LogP contribution in [0, 0.1) is 0 Å². The van der Waals surface area contributed by atoms with Crippen molar-refractivity contribution in [1.82, 2.24) is 9.88 Å². The van der Waals surface area contributed by atoms with Gasteiger partial charge in [-0.05, 0) is 42.8 Å². The van der Waals surface area contributed by atoms with Gasteiger partial charge in [-0.2, -0.15) is 0 Å². The number of rotatable bonds is 4. The van der Waals surface area contributed by atoms with Gasteiger partial charge in [0.05, 0.1) is 17.8 Å². The van der Waals surface area contributed by atoms with Crippen molar-refractivity contribution in [2.75, 3.05) is 20.7 Å². The third-order valence-electron chi connectivity index (χ3n) is 2.50. The van der Waals surface area contributed by atoms with Crippen molar-refractivity contribution in [2.24, 2.45) is 0 Å². The van der Waals surface area contributed by atoms with Crippen LogP contribution in [-0.2, 0) is 11.2 Å². The molecule has 0 fully saturated rings. The Hall–Kier alpha value is -1.30. The Bertz CT molecular complexity index is 472. The largest absolute Gasteiger partial charge is 0.494 e. The molecule has 0 aliphatic rings. The monoisotopic (exact) mass is 344 g/mol. The number of ether oxygens (including phenoxy) is 2. The summed E-state index contributed by atoms with van der Waals surface area (Å²) < 4.78 is 11.3. The quantitative estimate of drug-likeness (QED) is 0.841. The topological polar surface area (TPSA) is 51.7 Å². The van der Waals surface area contributed by atoms with Crippen LogP contribution in [0.4, 0.5) is 4.79 Å². The lowest BCUT2D eigenvalue weighted by Gasteiger charge is -2.24. The van der Waals surface area contributed by atoms with Gasteiger partial charge in [-0.3, -0.25) is 4.98 Å². The molecule has 20 heavy (non-hydrogen) atoms. The Balaban J connectivity index is 2.54. The van der Waals surface area contributed by atoms with Crippen molar-refractivity contribution in [3.8, 4) is 5.75 Å². The maximum absolute atomic E-state index is 11.8. The molecular formula is C14H21BrN2O3. The van der Waals surface area contributed by atoms with E-state index in [1.165, 1.54) is 0 Å². The van der Waals surface area contributed by atoms with E-state index in [1.54, 1.807) is 25.3 Å². The Kier molecular flexibility index (Phi) is 5.80. The van der Waals surface area contributed by atoms with Crippen LogP contribution in [0.1, 0.15) is 26.5 Å². The molecule has 0 saturated heterocycles. The average Bonchev–Trinajstić information content (AvgIpc) is 2.34. The van der Waals surface area contributed by atoms with Crippen LogP contribution >= 0.6 is 15.9 Å². The van der Waals surface area contributed by atoms with E-state index in [0.717, 1.165) is 10.2 Å². The molecule has 0 spiro atoms. The first-order chi connectivity index (χ1) is 9.23. The number of carbonyl (C=O) groups excluding carboxylic acids is 1. The zero-order valence-corrected chi connectivity index (χ0v) is 14.2. The third kappa shape index (κ3) is 5.36. The van der Waals surface area contributed by atoms with Gasteiger partial charge in [0, 0.05) is 25.7 Å². The van der Waals surface area contributed by atoms with Crippen molar-refractivity contribution in [1.29, 1.82) is 0 Å². The molecule has 0 atom stereocenters. The van der Waals surface area contributed by atoms with Gasteiger partial charge in [-0.1, -0.05) is 0 Å². The van der Waals surface area contributed by atoms with Crippen LogP contribution in [0.5, 0.6) is 5.75 Å². The van der Waals surface area contributed by atoms with Crippen molar-refractivity contribution in [3.05, 3.63) is 22.4 Å². The number of halogens is 1. The lowest BCUT2D eigenvalue weighted by atomic mass is 10.2. The van der Waals surface area contributed by atoms with E-state index in [9.17, 15) is 4.79 Å². The molecule has 1 aromatic heterocycles. The fourth-order valence-corrected chi connectivity index (χ4v) is 1.99. The number of amides is 1. The number of methoxy groups -OCH3 is 1. The molecule has 1 heterocycles. The van der Waals surface area contributed by atoms with Gasteiger partial charge in [-0.15, -0.1) is 0 Å². The molecule has 0 aliphatic heterocycles. The molecule has 0 aliphatic carbocycles. The minimum Gasteiger partial charge on any atom is -0.494 e. The summed E-state index contributed by atoms with van der Waals surface area (Å²) in [6, 6.07) is 1.89. The summed E-state index contributed by atoms with van der Waals surface area (Å²) in [5, 5.41) is 0. The second-order valence-electron chi connectivity index (χ2n) is 5.46. The van der Waals surface area contributed by atoms with E-state index in [2.05, 4.69) is 20.9 Å². The summed E-state index contributed by atoms with van der Waals surface area (Å²) in [7, 11) is 3.31. The summed E-state index contributed by atoms with van der Waals surface area (Å²) >= 11 is 3.41. The Morgan fingerprint density at radius 3 is 2.60 bits per heavy atom. The number of hydrogen-bond donors (Lipinski definition) is 0. The molecule has 0 saturated carbocycles. The zero-order valence-electron chi connectivity index (χ0n) is 12.6. The number of nitrogens with zero attached hydrogens (tertiary/aromatic N) is 2. The predicted molar refractivity (Wildman–Crippen MR) is 81.1 cm³/mol. The van der Waals surface area contributed by atoms with Gasteiger partial charge in [0.2, 0.25) is 0 Å². The van der Waals surface area contributed by atoms with Crippen molar-refractivity contribution < 1.29 is 14.3 Å². The summed E-state index contributed by atoms with van der Waals surface area (Å²) in [6.07, 6.45) is 1.98. The van der Waals surface area contributed by atoms with E-state index in [4.69, 9.17) is 9.47 Å². The molecule has 112 valence electrons. The lowest BCUT2D eigenvalue weighted by Crippen LogP contribution is -2.35. The summed E-state index contributed by atoms with van der Waals surface area (Å²) in [6.45, 7) is 6.09. The van der Waals surface area contributed by atoms with Gasteiger partial charge in [0.25, 0.3) is 0 Å². The molecule has 0 unspecified atom stereocenters. The van der Waals surface area contributed by atoms with Gasteiger partial charge >= 0.3 is 6.09 Å². The molecular weight excluding hydrogens is 324 g/mol. The van der Waals surface area contributed by atoms with Gasteiger partial charge in [0.1, 0.15) is 5.60 Å². The Morgan fingerprint density at radius 2 is 2.10 bits per heavy atom. The normalized spacial score (nSPS) is 11.1. The standard InChI is InChI=1S/C14H21BrN2O3/c1-14(2,3)20-13(18)17(4)7-6-10-8-11(15)12(19-5)9-16-10/h8-9H,6-7H2,1-5H3. The van der Waals surface area contributed by atoms with Crippen LogP contribution in [0.25, 0.3) is 0 Å². The molecule has 6 heteroatoms. The van der Waals surface area contributed by atoms with E-state index in [-0.39, 0.29) is 6.09 Å².